The van der Waals surface area contributed by atoms with E-state index in [-0.39, 0.29) is 36.5 Å². The zero-order chi connectivity index (χ0) is 31.1. The molecule has 2 aliphatic heterocycles. The minimum absolute atomic E-state index is 0.136. The van der Waals surface area contributed by atoms with Gasteiger partial charge in [0, 0.05) is 19.9 Å². The Labute approximate surface area is 252 Å². The fourth-order valence-electron chi connectivity index (χ4n) is 5.41. The normalized spacial score (nSPS) is 20.7. The molecular weight excluding hydrogens is 548 g/mol. The number of hydrogen-bond donors (Lipinski definition) is 3. The number of ketones is 1. The molecule has 2 heterocycles. The van der Waals surface area contributed by atoms with Crippen LogP contribution in [0, 0.1) is 5.92 Å². The first-order chi connectivity index (χ1) is 20.5. The zero-order valence-corrected chi connectivity index (χ0v) is 25.4. The number of hydrogen-bond acceptors (Lipinski definition) is 6. The van der Waals surface area contributed by atoms with Crippen LogP contribution in [0.2, 0.25) is 0 Å². The largest absolute Gasteiger partial charge is 0.361 e. The number of carbonyl (C=O) groups excluding carboxylic acids is 5. The molecule has 0 unspecified atom stereocenters. The van der Waals surface area contributed by atoms with Gasteiger partial charge in [-0.1, -0.05) is 68.4 Å². The lowest BCUT2D eigenvalue weighted by atomic mass is 9.93. The summed E-state index contributed by atoms with van der Waals surface area (Å²) in [6.07, 6.45) is 1.70. The zero-order valence-electron chi connectivity index (χ0n) is 25.4. The first-order valence-corrected chi connectivity index (χ1v) is 14.9. The highest BCUT2D eigenvalue weighted by molar-refractivity contribution is 5.98. The second-order valence-electron chi connectivity index (χ2n) is 12.1. The SMILES string of the molecule is CC(=O)NCC(=O)N1CCC[C@H]1C(=O)N[C@@H](Cc1ccc(-c2ccccc2)cc1)C(=O)N[C@@H](CC(C)C)C(=O)[C@@]1(C)CO1. The number of carbonyl (C=O) groups is 5. The maximum Gasteiger partial charge on any atom is 0.243 e. The van der Waals surface area contributed by atoms with Crippen LogP contribution in [0.5, 0.6) is 0 Å². The molecule has 43 heavy (non-hydrogen) atoms. The predicted molar refractivity (Wildman–Crippen MR) is 162 cm³/mol. The average Bonchev–Trinajstić information content (AvgIpc) is 3.54. The second-order valence-corrected chi connectivity index (χ2v) is 12.1. The van der Waals surface area contributed by atoms with E-state index in [1.165, 1.54) is 11.8 Å². The van der Waals surface area contributed by atoms with Crippen molar-refractivity contribution >= 4 is 29.4 Å². The van der Waals surface area contributed by atoms with Gasteiger partial charge in [0.25, 0.3) is 0 Å². The Morgan fingerprint density at radius 3 is 2.21 bits per heavy atom. The molecule has 0 radical (unpaired) electrons. The van der Waals surface area contributed by atoms with Crippen molar-refractivity contribution in [2.45, 2.75) is 77.1 Å². The molecule has 2 aromatic rings. The standard InChI is InChI=1S/C33H42N4O6/c1-21(2)17-26(30(40)33(4)20-43-33)35-31(41)27(18-23-12-14-25(15-13-23)24-9-6-5-7-10-24)36-32(42)28-11-8-16-37(28)29(39)19-34-22(3)38/h5-7,9-10,12-15,21,26-28H,8,11,16-20H2,1-4H3,(H,34,38)(H,35,41)(H,36,42)/t26-,27-,28-,33+/m0/s1. The Morgan fingerprint density at radius 1 is 0.953 bits per heavy atom. The third-order valence-electron chi connectivity index (χ3n) is 7.94. The number of benzene rings is 2. The van der Waals surface area contributed by atoms with Gasteiger partial charge in [0.05, 0.1) is 19.2 Å². The van der Waals surface area contributed by atoms with E-state index >= 15 is 0 Å². The summed E-state index contributed by atoms with van der Waals surface area (Å²) >= 11 is 0. The molecule has 0 saturated carbocycles. The number of rotatable bonds is 13. The number of likely N-dealkylation sites (tertiary alicyclic amines) is 1. The first-order valence-electron chi connectivity index (χ1n) is 14.9. The molecule has 230 valence electrons. The van der Waals surface area contributed by atoms with Crippen molar-refractivity contribution < 1.29 is 28.7 Å². The van der Waals surface area contributed by atoms with Gasteiger partial charge in [-0.05, 0) is 48.8 Å². The number of epoxide rings is 1. The van der Waals surface area contributed by atoms with Crippen molar-refractivity contribution in [1.29, 1.82) is 0 Å². The monoisotopic (exact) mass is 590 g/mol. The Hall–Kier alpha value is -4.05. The quantitative estimate of drug-likeness (QED) is 0.307. The first kappa shape index (κ1) is 31.9. The fraction of sp³-hybridized carbons (Fsp3) is 0.485. The third kappa shape index (κ3) is 8.50. The van der Waals surface area contributed by atoms with Crippen molar-refractivity contribution in [3.63, 3.8) is 0 Å². The summed E-state index contributed by atoms with van der Waals surface area (Å²) in [7, 11) is 0. The predicted octanol–water partition coefficient (Wildman–Crippen LogP) is 2.40. The van der Waals surface area contributed by atoms with Gasteiger partial charge in [0.15, 0.2) is 5.78 Å². The lowest BCUT2D eigenvalue weighted by Crippen LogP contribution is -2.57. The molecule has 2 saturated heterocycles. The van der Waals surface area contributed by atoms with Crippen LogP contribution in [0.4, 0.5) is 0 Å². The van der Waals surface area contributed by atoms with Crippen LogP contribution in [0.15, 0.2) is 54.6 Å². The molecule has 0 aromatic heterocycles. The summed E-state index contributed by atoms with van der Waals surface area (Å²) in [5, 5.41) is 8.27. The van der Waals surface area contributed by atoms with E-state index in [1.807, 2.05) is 68.4 Å². The van der Waals surface area contributed by atoms with E-state index in [4.69, 9.17) is 4.74 Å². The minimum Gasteiger partial charge on any atom is -0.361 e. The molecule has 4 amide bonds. The van der Waals surface area contributed by atoms with Gasteiger partial charge in [-0.2, -0.15) is 0 Å². The molecule has 10 heteroatoms. The van der Waals surface area contributed by atoms with Crippen molar-refractivity contribution in [2.75, 3.05) is 19.7 Å². The van der Waals surface area contributed by atoms with E-state index in [9.17, 15) is 24.0 Å². The van der Waals surface area contributed by atoms with Crippen molar-refractivity contribution in [3.05, 3.63) is 60.2 Å². The van der Waals surface area contributed by atoms with E-state index in [2.05, 4.69) is 16.0 Å². The van der Waals surface area contributed by atoms with Gasteiger partial charge in [-0.3, -0.25) is 24.0 Å². The smallest absolute Gasteiger partial charge is 0.243 e. The fourth-order valence-corrected chi connectivity index (χ4v) is 5.41. The van der Waals surface area contributed by atoms with Crippen LogP contribution < -0.4 is 16.0 Å². The average molecular weight is 591 g/mol. The van der Waals surface area contributed by atoms with E-state index in [0.29, 0.717) is 32.4 Å². The summed E-state index contributed by atoms with van der Waals surface area (Å²) in [5.41, 5.74) is 2.01. The summed E-state index contributed by atoms with van der Waals surface area (Å²) in [6, 6.07) is 15.2. The van der Waals surface area contributed by atoms with E-state index in [0.717, 1.165) is 16.7 Å². The third-order valence-corrected chi connectivity index (χ3v) is 7.94. The van der Waals surface area contributed by atoms with Crippen LogP contribution in [-0.4, -0.2) is 77.7 Å². The van der Waals surface area contributed by atoms with Crippen LogP contribution >= 0.6 is 0 Å². The molecule has 4 rings (SSSR count). The van der Waals surface area contributed by atoms with Gasteiger partial charge < -0.3 is 25.6 Å². The molecule has 2 aromatic carbocycles. The van der Waals surface area contributed by atoms with E-state index < -0.39 is 35.5 Å². The molecular formula is C33H42N4O6. The van der Waals surface area contributed by atoms with Crippen molar-refractivity contribution in [3.8, 4) is 11.1 Å². The summed E-state index contributed by atoms with van der Waals surface area (Å²) in [4.78, 5) is 66.0. The molecule has 0 spiro atoms. The highest BCUT2D eigenvalue weighted by atomic mass is 16.6. The topological polar surface area (TPSA) is 137 Å². The second kappa shape index (κ2) is 13.9. The minimum atomic E-state index is -0.988. The summed E-state index contributed by atoms with van der Waals surface area (Å²) in [6.45, 7) is 7.49. The Bertz CT molecular complexity index is 1320. The number of amides is 4. The van der Waals surface area contributed by atoms with E-state index in [1.54, 1.807) is 6.92 Å². The molecule has 4 atom stereocenters. The molecule has 0 aliphatic carbocycles. The van der Waals surface area contributed by atoms with Crippen LogP contribution in [-0.2, 0) is 35.1 Å². The number of Topliss-reactive ketones (excluding diaryl/α,β-unsaturated/α-hetero) is 1. The molecule has 2 aliphatic rings. The van der Waals surface area contributed by atoms with Crippen LogP contribution in [0.3, 0.4) is 0 Å². The maximum absolute atomic E-state index is 13.8. The van der Waals surface area contributed by atoms with Gasteiger partial charge in [0.1, 0.15) is 17.7 Å². The molecule has 0 bridgehead atoms. The van der Waals surface area contributed by atoms with Gasteiger partial charge >= 0.3 is 0 Å². The highest BCUT2D eigenvalue weighted by Gasteiger charge is 2.50. The van der Waals surface area contributed by atoms with Gasteiger partial charge in [-0.25, -0.2) is 0 Å². The Balaban J connectivity index is 1.53. The number of nitrogens with one attached hydrogen (secondary N) is 3. The maximum atomic E-state index is 13.8. The summed E-state index contributed by atoms with van der Waals surface area (Å²) < 4.78 is 5.37. The highest BCUT2D eigenvalue weighted by Crippen LogP contribution is 2.30. The van der Waals surface area contributed by atoms with Crippen molar-refractivity contribution in [1.82, 2.24) is 20.9 Å². The summed E-state index contributed by atoms with van der Waals surface area (Å²) in [5.74, 6) is -1.66. The molecule has 2 fully saturated rings. The van der Waals surface area contributed by atoms with Crippen LogP contribution in [0.25, 0.3) is 11.1 Å². The lowest BCUT2D eigenvalue weighted by Gasteiger charge is -2.28. The van der Waals surface area contributed by atoms with Crippen LogP contribution in [0.1, 0.15) is 52.5 Å². The molecule has 3 N–H and O–H groups in total. The number of nitrogens with zero attached hydrogens (tertiary/aromatic N) is 1. The number of ether oxygens (including phenoxy) is 1. The van der Waals surface area contributed by atoms with Gasteiger partial charge in [0.2, 0.25) is 23.6 Å². The lowest BCUT2D eigenvalue weighted by molar-refractivity contribution is -0.139. The van der Waals surface area contributed by atoms with Crippen molar-refractivity contribution in [2.24, 2.45) is 5.92 Å². The molecule has 10 nitrogen and oxygen atoms in total. The Kier molecular flexibility index (Phi) is 10.3. The Morgan fingerprint density at radius 2 is 1.60 bits per heavy atom. The van der Waals surface area contributed by atoms with Gasteiger partial charge in [-0.15, -0.1) is 0 Å².